The number of amides is 1. The summed E-state index contributed by atoms with van der Waals surface area (Å²) in [5.74, 6) is -0.779. The van der Waals surface area contributed by atoms with Crippen LogP contribution in [0.25, 0.3) is 0 Å². The minimum Gasteiger partial charge on any atom is -0.390 e. The maximum Gasteiger partial charge on any atom is 0.254 e. The Morgan fingerprint density at radius 3 is 2.52 bits per heavy atom. The van der Waals surface area contributed by atoms with Crippen LogP contribution in [0, 0.1) is 5.82 Å². The van der Waals surface area contributed by atoms with E-state index in [0.29, 0.717) is 16.5 Å². The van der Waals surface area contributed by atoms with Crippen LogP contribution in [0.3, 0.4) is 0 Å². The highest BCUT2D eigenvalue weighted by atomic mass is 35.5. The summed E-state index contributed by atoms with van der Waals surface area (Å²) in [6.45, 7) is 0.522. The molecule has 158 valence electrons. The molecule has 0 bridgehead atoms. The zero-order chi connectivity index (χ0) is 21.8. The van der Waals surface area contributed by atoms with Crippen molar-refractivity contribution in [3.8, 4) is 0 Å². The molecule has 0 saturated heterocycles. The van der Waals surface area contributed by atoms with Gasteiger partial charge in [0, 0.05) is 34.1 Å². The van der Waals surface area contributed by atoms with Gasteiger partial charge in [0.05, 0.1) is 12.3 Å². The van der Waals surface area contributed by atoms with E-state index in [-0.39, 0.29) is 30.7 Å². The molecule has 0 fully saturated rings. The number of carbonyl (C=O) groups excluding carboxylic acids is 1. The van der Waals surface area contributed by atoms with Gasteiger partial charge in [0.25, 0.3) is 5.91 Å². The molecule has 1 aliphatic rings. The number of carbonyl (C=O) groups is 1. The Morgan fingerprint density at radius 2 is 1.77 bits per heavy atom. The third-order valence-corrected chi connectivity index (χ3v) is 5.72. The van der Waals surface area contributed by atoms with E-state index in [1.807, 2.05) is 36.4 Å². The predicted molar refractivity (Wildman–Crippen MR) is 120 cm³/mol. The molecule has 0 aromatic heterocycles. The molecule has 1 heterocycles. The van der Waals surface area contributed by atoms with Crippen molar-refractivity contribution in [2.75, 3.05) is 6.54 Å². The van der Waals surface area contributed by atoms with Crippen LogP contribution in [0.5, 0.6) is 0 Å². The summed E-state index contributed by atoms with van der Waals surface area (Å²) in [5, 5.41) is 5.33. The zero-order valence-electron chi connectivity index (χ0n) is 16.5. The fourth-order valence-corrected chi connectivity index (χ4v) is 3.92. The van der Waals surface area contributed by atoms with Crippen molar-refractivity contribution in [3.05, 3.63) is 105 Å². The van der Waals surface area contributed by atoms with Crippen LogP contribution >= 0.6 is 23.2 Å². The Balaban J connectivity index is 1.54. The first-order valence-corrected chi connectivity index (χ1v) is 10.5. The van der Waals surface area contributed by atoms with Gasteiger partial charge in [0.1, 0.15) is 5.82 Å². The number of halogens is 3. The van der Waals surface area contributed by atoms with Crippen LogP contribution in [0.1, 0.15) is 27.9 Å². The van der Waals surface area contributed by atoms with Crippen molar-refractivity contribution >= 4 is 34.8 Å². The topological polar surface area (TPSA) is 41.9 Å². The smallest absolute Gasteiger partial charge is 0.254 e. The first kappa shape index (κ1) is 21.3. The lowest BCUT2D eigenvalue weighted by atomic mass is 10.0. The van der Waals surface area contributed by atoms with Gasteiger partial charge in [-0.1, -0.05) is 70.8 Å². The minimum absolute atomic E-state index is 0.260. The van der Waals surface area contributed by atoms with E-state index in [1.54, 1.807) is 23.1 Å². The van der Waals surface area contributed by atoms with E-state index in [2.05, 4.69) is 5.16 Å². The summed E-state index contributed by atoms with van der Waals surface area (Å²) in [4.78, 5) is 20.4. The van der Waals surface area contributed by atoms with Gasteiger partial charge >= 0.3 is 0 Å². The number of nitrogens with zero attached hydrogens (tertiary/aromatic N) is 2. The molecule has 31 heavy (non-hydrogen) atoms. The van der Waals surface area contributed by atoms with Crippen LogP contribution in [0.4, 0.5) is 4.39 Å². The van der Waals surface area contributed by atoms with Gasteiger partial charge in [0.15, 0.2) is 6.10 Å². The van der Waals surface area contributed by atoms with E-state index >= 15 is 0 Å². The molecule has 1 amide bonds. The van der Waals surface area contributed by atoms with Gasteiger partial charge in [-0.3, -0.25) is 4.79 Å². The van der Waals surface area contributed by atoms with Crippen molar-refractivity contribution in [1.29, 1.82) is 0 Å². The second kappa shape index (κ2) is 9.50. The molecule has 4 nitrogen and oxygen atoms in total. The van der Waals surface area contributed by atoms with Crippen molar-refractivity contribution < 1.29 is 14.0 Å². The lowest BCUT2D eigenvalue weighted by Crippen LogP contribution is -2.37. The second-order valence-electron chi connectivity index (χ2n) is 7.24. The Kier molecular flexibility index (Phi) is 6.54. The summed E-state index contributed by atoms with van der Waals surface area (Å²) in [5.41, 5.74) is 2.59. The van der Waals surface area contributed by atoms with Crippen molar-refractivity contribution in [1.82, 2.24) is 4.90 Å². The van der Waals surface area contributed by atoms with E-state index in [4.69, 9.17) is 28.0 Å². The summed E-state index contributed by atoms with van der Waals surface area (Å²) in [6.07, 6.45) is 0.144. The van der Waals surface area contributed by atoms with Gasteiger partial charge in [-0.05, 0) is 35.9 Å². The SMILES string of the molecule is O=C(c1cccc(F)c1)N(Cc1ccccc1Cl)C[C@@H]1CC(c2ccccc2Cl)=NO1. The van der Waals surface area contributed by atoms with Crippen molar-refractivity contribution in [2.45, 2.75) is 19.1 Å². The van der Waals surface area contributed by atoms with Crippen LogP contribution in [-0.4, -0.2) is 29.2 Å². The largest absolute Gasteiger partial charge is 0.390 e. The fraction of sp³-hybridized carbons (Fsp3) is 0.167. The minimum atomic E-state index is -0.468. The highest BCUT2D eigenvalue weighted by molar-refractivity contribution is 6.34. The molecule has 1 aliphatic heterocycles. The number of benzene rings is 3. The molecule has 0 radical (unpaired) electrons. The maximum atomic E-state index is 13.7. The zero-order valence-corrected chi connectivity index (χ0v) is 18.0. The molecule has 0 N–H and O–H groups in total. The summed E-state index contributed by atoms with van der Waals surface area (Å²) < 4.78 is 13.7. The average molecular weight is 457 g/mol. The highest BCUT2D eigenvalue weighted by Gasteiger charge is 2.28. The number of hydrogen-bond acceptors (Lipinski definition) is 3. The molecule has 4 rings (SSSR count). The normalized spacial score (nSPS) is 15.3. The van der Waals surface area contributed by atoms with E-state index in [0.717, 1.165) is 16.8 Å². The Hall–Kier alpha value is -2.89. The van der Waals surface area contributed by atoms with Gasteiger partial charge in [-0.25, -0.2) is 4.39 Å². The number of hydrogen-bond donors (Lipinski definition) is 0. The van der Waals surface area contributed by atoms with Gasteiger partial charge in [0.2, 0.25) is 0 Å². The molecule has 7 heteroatoms. The summed E-state index contributed by atoms with van der Waals surface area (Å²) >= 11 is 12.6. The molecule has 3 aromatic carbocycles. The van der Waals surface area contributed by atoms with Crippen molar-refractivity contribution in [2.24, 2.45) is 5.16 Å². The molecule has 0 aliphatic carbocycles. The molecular formula is C24H19Cl2FN2O2. The lowest BCUT2D eigenvalue weighted by Gasteiger charge is -2.25. The number of oxime groups is 1. The van der Waals surface area contributed by atoms with Crippen LogP contribution in [0.2, 0.25) is 10.0 Å². The second-order valence-corrected chi connectivity index (χ2v) is 8.05. The first-order chi connectivity index (χ1) is 15.0. The third kappa shape index (κ3) is 5.06. The Labute approximate surface area is 189 Å². The number of rotatable bonds is 6. The maximum absolute atomic E-state index is 13.7. The molecule has 0 saturated carbocycles. The van der Waals surface area contributed by atoms with Crippen LogP contribution in [-0.2, 0) is 11.4 Å². The van der Waals surface area contributed by atoms with E-state index in [9.17, 15) is 9.18 Å². The van der Waals surface area contributed by atoms with Crippen LogP contribution < -0.4 is 0 Å². The quantitative estimate of drug-likeness (QED) is 0.458. The predicted octanol–water partition coefficient (Wildman–Crippen LogP) is 5.97. The monoisotopic (exact) mass is 456 g/mol. The Morgan fingerprint density at radius 1 is 1.03 bits per heavy atom. The van der Waals surface area contributed by atoms with Gasteiger partial charge < -0.3 is 9.74 Å². The molecule has 3 aromatic rings. The molecular weight excluding hydrogens is 438 g/mol. The van der Waals surface area contributed by atoms with E-state index in [1.165, 1.54) is 18.2 Å². The third-order valence-electron chi connectivity index (χ3n) is 5.02. The van der Waals surface area contributed by atoms with Crippen LogP contribution in [0.15, 0.2) is 78.0 Å². The van der Waals surface area contributed by atoms with E-state index < -0.39 is 5.82 Å². The average Bonchev–Trinajstić information content (AvgIpc) is 3.23. The van der Waals surface area contributed by atoms with Crippen molar-refractivity contribution in [3.63, 3.8) is 0 Å². The Bertz CT molecular complexity index is 1140. The molecule has 1 atom stereocenters. The van der Waals surface area contributed by atoms with Gasteiger partial charge in [-0.2, -0.15) is 0 Å². The highest BCUT2D eigenvalue weighted by Crippen LogP contribution is 2.25. The first-order valence-electron chi connectivity index (χ1n) is 9.77. The summed E-state index contributed by atoms with van der Waals surface area (Å²) in [6, 6.07) is 20.4. The molecule has 0 spiro atoms. The lowest BCUT2D eigenvalue weighted by molar-refractivity contribution is 0.0405. The molecule has 0 unspecified atom stereocenters. The fourth-order valence-electron chi connectivity index (χ4n) is 3.48. The summed E-state index contributed by atoms with van der Waals surface area (Å²) in [7, 11) is 0. The van der Waals surface area contributed by atoms with Gasteiger partial charge in [-0.15, -0.1) is 0 Å². The standard InChI is InChI=1S/C24H19Cl2FN2O2/c25-21-10-3-1-6-17(21)14-29(24(30)16-7-5-8-18(27)12-16)15-19-13-23(28-31-19)20-9-2-4-11-22(20)26/h1-12,19H,13-15H2/t19-/m0/s1.